The van der Waals surface area contributed by atoms with Gasteiger partial charge in [0, 0.05) is 10.1 Å². The third-order valence-corrected chi connectivity index (χ3v) is 4.81. The Bertz CT molecular complexity index is 439. The first-order valence-corrected chi connectivity index (χ1v) is 7.13. The Hall–Kier alpha value is -1.03. The molecule has 1 aromatic rings. The smallest absolute Gasteiger partial charge is 0.335 e. The summed E-state index contributed by atoms with van der Waals surface area (Å²) < 4.78 is 13.7. The summed E-state index contributed by atoms with van der Waals surface area (Å²) in [5.41, 5.74) is 0.156. The summed E-state index contributed by atoms with van der Waals surface area (Å²) in [6, 6.07) is 4.00. The molecule has 1 fully saturated rings. The molecular weight excluding hydrogens is 251 g/mol. The molecule has 98 valence electrons. The molecule has 2 rings (SSSR count). The molecule has 0 aliphatic heterocycles. The third-order valence-electron chi connectivity index (χ3n) is 3.43. The highest BCUT2D eigenvalue weighted by molar-refractivity contribution is 8.00. The average Bonchev–Trinajstić information content (AvgIpc) is 2.34. The minimum absolute atomic E-state index is 0.156. The molecular formula is C14H17FO2S. The molecule has 1 N–H and O–H groups in total. The van der Waals surface area contributed by atoms with Crippen LogP contribution in [-0.4, -0.2) is 16.3 Å². The predicted octanol–water partition coefficient (Wildman–Crippen LogP) is 4.19. The topological polar surface area (TPSA) is 37.3 Å². The highest BCUT2D eigenvalue weighted by atomic mass is 32.2. The molecule has 2 nitrogen and oxygen atoms in total. The fourth-order valence-electron chi connectivity index (χ4n) is 2.25. The number of hydrogen-bond acceptors (Lipinski definition) is 2. The molecule has 18 heavy (non-hydrogen) atoms. The molecule has 0 radical (unpaired) electrons. The number of carboxylic acids is 1. The zero-order chi connectivity index (χ0) is 13.1. The van der Waals surface area contributed by atoms with Crippen molar-refractivity contribution in [2.75, 3.05) is 0 Å². The maximum Gasteiger partial charge on any atom is 0.335 e. The van der Waals surface area contributed by atoms with Gasteiger partial charge in [-0.25, -0.2) is 9.18 Å². The van der Waals surface area contributed by atoms with Crippen LogP contribution in [0.5, 0.6) is 0 Å². The summed E-state index contributed by atoms with van der Waals surface area (Å²) >= 11 is 1.49. The largest absolute Gasteiger partial charge is 0.478 e. The first kappa shape index (κ1) is 13.4. The first-order valence-electron chi connectivity index (χ1n) is 6.25. The number of rotatable bonds is 3. The SMILES string of the molecule is CC1CCC(Sc2cc(C(=O)O)ccc2F)CC1. The van der Waals surface area contributed by atoms with Gasteiger partial charge in [0.05, 0.1) is 5.56 Å². The molecule has 1 aliphatic rings. The Morgan fingerprint density at radius 3 is 2.61 bits per heavy atom. The third kappa shape index (κ3) is 3.25. The van der Waals surface area contributed by atoms with Gasteiger partial charge in [0.1, 0.15) is 5.82 Å². The molecule has 0 unspecified atom stereocenters. The molecule has 4 heteroatoms. The number of aromatic carboxylic acids is 1. The summed E-state index contributed by atoms with van der Waals surface area (Å²) in [5.74, 6) is -0.560. The number of halogens is 1. The molecule has 0 amide bonds. The predicted molar refractivity (Wildman–Crippen MR) is 70.6 cm³/mol. The molecule has 1 aliphatic carbocycles. The van der Waals surface area contributed by atoms with Crippen molar-refractivity contribution in [2.24, 2.45) is 5.92 Å². The Morgan fingerprint density at radius 1 is 1.33 bits per heavy atom. The van der Waals surface area contributed by atoms with Crippen LogP contribution in [0.2, 0.25) is 0 Å². The fraction of sp³-hybridized carbons (Fsp3) is 0.500. The van der Waals surface area contributed by atoms with Crippen LogP contribution in [0.1, 0.15) is 43.0 Å². The first-order chi connectivity index (χ1) is 8.56. The van der Waals surface area contributed by atoms with Crippen molar-refractivity contribution in [3.8, 4) is 0 Å². The van der Waals surface area contributed by atoms with E-state index in [0.29, 0.717) is 10.1 Å². The van der Waals surface area contributed by atoms with Crippen molar-refractivity contribution < 1.29 is 14.3 Å². The molecule has 1 saturated carbocycles. The fourth-order valence-corrected chi connectivity index (χ4v) is 3.50. The van der Waals surface area contributed by atoms with Gasteiger partial charge < -0.3 is 5.11 Å². The minimum Gasteiger partial charge on any atom is -0.478 e. The van der Waals surface area contributed by atoms with Crippen molar-refractivity contribution in [1.29, 1.82) is 0 Å². The lowest BCUT2D eigenvalue weighted by molar-refractivity contribution is 0.0696. The van der Waals surface area contributed by atoms with Crippen molar-refractivity contribution in [2.45, 2.75) is 42.8 Å². The van der Waals surface area contributed by atoms with Crippen LogP contribution in [0.15, 0.2) is 23.1 Å². The molecule has 0 spiro atoms. The monoisotopic (exact) mass is 268 g/mol. The van der Waals surface area contributed by atoms with Crippen LogP contribution >= 0.6 is 11.8 Å². The number of carbonyl (C=O) groups is 1. The summed E-state index contributed by atoms with van der Waals surface area (Å²) in [4.78, 5) is 11.3. The van der Waals surface area contributed by atoms with E-state index in [-0.39, 0.29) is 11.4 Å². The van der Waals surface area contributed by atoms with E-state index in [1.54, 1.807) is 0 Å². The second-order valence-corrected chi connectivity index (χ2v) is 6.29. The summed E-state index contributed by atoms with van der Waals surface area (Å²) in [7, 11) is 0. The standard InChI is InChI=1S/C14H17FO2S/c1-9-2-5-11(6-3-9)18-13-8-10(14(16)17)4-7-12(13)15/h4,7-9,11H,2-3,5-6H2,1H3,(H,16,17). The molecule has 0 saturated heterocycles. The van der Waals surface area contributed by atoms with E-state index in [4.69, 9.17) is 5.11 Å². The van der Waals surface area contributed by atoms with Gasteiger partial charge in [0.15, 0.2) is 0 Å². The van der Waals surface area contributed by atoms with Gasteiger partial charge in [0.2, 0.25) is 0 Å². The second kappa shape index (κ2) is 5.74. The summed E-state index contributed by atoms with van der Waals surface area (Å²) in [6.45, 7) is 2.24. The molecule has 0 heterocycles. The lowest BCUT2D eigenvalue weighted by atomic mass is 9.91. The number of carboxylic acid groups (broad SMARTS) is 1. The number of benzene rings is 1. The molecule has 0 aromatic heterocycles. The van der Waals surface area contributed by atoms with Crippen molar-refractivity contribution in [1.82, 2.24) is 0 Å². The van der Waals surface area contributed by atoms with E-state index in [2.05, 4.69) is 6.92 Å². The van der Waals surface area contributed by atoms with Crippen LogP contribution in [0, 0.1) is 11.7 Å². The van der Waals surface area contributed by atoms with E-state index in [9.17, 15) is 9.18 Å². The van der Waals surface area contributed by atoms with Crippen LogP contribution in [-0.2, 0) is 0 Å². The van der Waals surface area contributed by atoms with E-state index in [1.165, 1.54) is 42.8 Å². The molecule has 0 bridgehead atoms. The average molecular weight is 268 g/mol. The van der Waals surface area contributed by atoms with Crippen LogP contribution in [0.25, 0.3) is 0 Å². The van der Waals surface area contributed by atoms with Crippen molar-refractivity contribution in [3.05, 3.63) is 29.6 Å². The Labute approximate surface area is 111 Å². The van der Waals surface area contributed by atoms with Gasteiger partial charge in [-0.05, 0) is 49.8 Å². The second-order valence-electron chi connectivity index (χ2n) is 4.95. The summed E-state index contributed by atoms with van der Waals surface area (Å²) in [5, 5.41) is 9.33. The zero-order valence-corrected chi connectivity index (χ0v) is 11.2. The van der Waals surface area contributed by atoms with E-state index in [1.807, 2.05) is 0 Å². The van der Waals surface area contributed by atoms with Gasteiger partial charge in [-0.1, -0.05) is 6.92 Å². The van der Waals surface area contributed by atoms with Gasteiger partial charge in [-0.15, -0.1) is 11.8 Å². The lowest BCUT2D eigenvalue weighted by Crippen LogP contribution is -2.14. The van der Waals surface area contributed by atoms with Crippen LogP contribution in [0.4, 0.5) is 4.39 Å². The van der Waals surface area contributed by atoms with Gasteiger partial charge >= 0.3 is 5.97 Å². The molecule has 1 aromatic carbocycles. The highest BCUT2D eigenvalue weighted by Crippen LogP contribution is 2.37. The maximum atomic E-state index is 13.7. The zero-order valence-electron chi connectivity index (χ0n) is 10.4. The van der Waals surface area contributed by atoms with E-state index < -0.39 is 5.97 Å². The van der Waals surface area contributed by atoms with Gasteiger partial charge in [-0.2, -0.15) is 0 Å². The number of hydrogen-bond donors (Lipinski definition) is 1. The van der Waals surface area contributed by atoms with Gasteiger partial charge in [0.25, 0.3) is 0 Å². The normalized spacial score (nSPS) is 23.9. The Kier molecular flexibility index (Phi) is 4.27. The van der Waals surface area contributed by atoms with Crippen molar-refractivity contribution in [3.63, 3.8) is 0 Å². The van der Waals surface area contributed by atoms with Crippen LogP contribution in [0.3, 0.4) is 0 Å². The van der Waals surface area contributed by atoms with E-state index in [0.717, 1.165) is 18.8 Å². The lowest BCUT2D eigenvalue weighted by Gasteiger charge is -2.25. The maximum absolute atomic E-state index is 13.7. The van der Waals surface area contributed by atoms with Crippen LogP contribution < -0.4 is 0 Å². The molecule has 0 atom stereocenters. The van der Waals surface area contributed by atoms with Crippen molar-refractivity contribution >= 4 is 17.7 Å². The summed E-state index contributed by atoms with van der Waals surface area (Å²) in [6.07, 6.45) is 4.53. The van der Waals surface area contributed by atoms with E-state index >= 15 is 0 Å². The number of thioether (sulfide) groups is 1. The van der Waals surface area contributed by atoms with Gasteiger partial charge in [-0.3, -0.25) is 0 Å². The Morgan fingerprint density at radius 2 is 2.00 bits per heavy atom. The minimum atomic E-state index is -1.01. The Balaban J connectivity index is 2.08. The quantitative estimate of drug-likeness (QED) is 0.893. The highest BCUT2D eigenvalue weighted by Gasteiger charge is 2.20.